The summed E-state index contributed by atoms with van der Waals surface area (Å²) in [5.41, 5.74) is 1.78. The van der Waals surface area contributed by atoms with Gasteiger partial charge in [0.25, 0.3) is 0 Å². The zero-order valence-corrected chi connectivity index (χ0v) is 11.8. The third-order valence-electron chi connectivity index (χ3n) is 4.06. The molecule has 2 rings (SSSR count). The first kappa shape index (κ1) is 13.5. The SMILES string of the molecule is CCCC(CCC)(CNC1CC1)c1ccncc1. The first-order chi connectivity index (χ1) is 8.80. The van der Waals surface area contributed by atoms with E-state index in [4.69, 9.17) is 0 Å². The van der Waals surface area contributed by atoms with Crippen LogP contribution in [-0.2, 0) is 5.41 Å². The lowest BCUT2D eigenvalue weighted by Crippen LogP contribution is -2.39. The largest absolute Gasteiger partial charge is 0.313 e. The van der Waals surface area contributed by atoms with Crippen LogP contribution in [0.3, 0.4) is 0 Å². The quantitative estimate of drug-likeness (QED) is 0.757. The Labute approximate surface area is 111 Å². The maximum atomic E-state index is 4.17. The van der Waals surface area contributed by atoms with Gasteiger partial charge >= 0.3 is 0 Å². The molecule has 1 aliphatic carbocycles. The topological polar surface area (TPSA) is 24.9 Å². The van der Waals surface area contributed by atoms with Crippen molar-refractivity contribution >= 4 is 0 Å². The zero-order chi connectivity index (χ0) is 12.8. The molecule has 1 saturated carbocycles. The minimum absolute atomic E-state index is 0.315. The van der Waals surface area contributed by atoms with Crippen molar-refractivity contribution in [3.63, 3.8) is 0 Å². The molecule has 0 spiro atoms. The van der Waals surface area contributed by atoms with Gasteiger partial charge in [0.05, 0.1) is 0 Å². The summed E-state index contributed by atoms with van der Waals surface area (Å²) in [4.78, 5) is 4.17. The lowest BCUT2D eigenvalue weighted by Gasteiger charge is -2.34. The van der Waals surface area contributed by atoms with Gasteiger partial charge in [-0.2, -0.15) is 0 Å². The van der Waals surface area contributed by atoms with E-state index in [0.29, 0.717) is 5.41 Å². The van der Waals surface area contributed by atoms with Crippen LogP contribution in [0.4, 0.5) is 0 Å². The summed E-state index contributed by atoms with van der Waals surface area (Å²) in [7, 11) is 0. The molecule has 1 aromatic rings. The minimum atomic E-state index is 0.315. The molecule has 0 saturated heterocycles. The van der Waals surface area contributed by atoms with Gasteiger partial charge in [-0.05, 0) is 43.4 Å². The van der Waals surface area contributed by atoms with Crippen LogP contribution in [0.1, 0.15) is 57.9 Å². The van der Waals surface area contributed by atoms with E-state index < -0.39 is 0 Å². The second-order valence-corrected chi connectivity index (χ2v) is 5.67. The molecule has 18 heavy (non-hydrogen) atoms. The van der Waals surface area contributed by atoms with Crippen molar-refractivity contribution in [1.29, 1.82) is 0 Å². The van der Waals surface area contributed by atoms with Gasteiger partial charge in [-0.15, -0.1) is 0 Å². The zero-order valence-electron chi connectivity index (χ0n) is 11.8. The summed E-state index contributed by atoms with van der Waals surface area (Å²) >= 11 is 0. The van der Waals surface area contributed by atoms with Crippen molar-refractivity contribution < 1.29 is 0 Å². The average Bonchev–Trinajstić information content (AvgIpc) is 3.22. The fourth-order valence-corrected chi connectivity index (χ4v) is 2.98. The van der Waals surface area contributed by atoms with Crippen molar-refractivity contribution in [3.8, 4) is 0 Å². The second kappa shape index (κ2) is 6.33. The first-order valence-corrected chi connectivity index (χ1v) is 7.44. The fourth-order valence-electron chi connectivity index (χ4n) is 2.98. The molecule has 0 radical (unpaired) electrons. The molecule has 100 valence electrons. The fraction of sp³-hybridized carbons (Fsp3) is 0.688. The molecule has 2 heteroatoms. The Morgan fingerprint density at radius 2 is 1.78 bits per heavy atom. The highest BCUT2D eigenvalue weighted by Crippen LogP contribution is 2.34. The standard InChI is InChI=1S/C16H26N2/c1-3-9-16(10-4-2,13-18-15-5-6-15)14-7-11-17-12-8-14/h7-8,11-12,15,18H,3-6,9-10,13H2,1-2H3. The van der Waals surface area contributed by atoms with E-state index in [0.717, 1.165) is 12.6 Å². The van der Waals surface area contributed by atoms with Gasteiger partial charge < -0.3 is 5.32 Å². The summed E-state index contributed by atoms with van der Waals surface area (Å²) < 4.78 is 0. The van der Waals surface area contributed by atoms with Crippen LogP contribution in [0.25, 0.3) is 0 Å². The maximum Gasteiger partial charge on any atom is 0.0270 e. The number of hydrogen-bond donors (Lipinski definition) is 1. The second-order valence-electron chi connectivity index (χ2n) is 5.67. The smallest absolute Gasteiger partial charge is 0.0270 e. The van der Waals surface area contributed by atoms with E-state index in [1.165, 1.54) is 44.1 Å². The Bertz CT molecular complexity index is 337. The summed E-state index contributed by atoms with van der Waals surface area (Å²) in [6.45, 7) is 5.72. The number of nitrogens with one attached hydrogen (secondary N) is 1. The van der Waals surface area contributed by atoms with Crippen LogP contribution >= 0.6 is 0 Å². The van der Waals surface area contributed by atoms with Crippen LogP contribution in [0, 0.1) is 0 Å². The molecular weight excluding hydrogens is 220 g/mol. The molecule has 1 fully saturated rings. The number of rotatable bonds is 8. The van der Waals surface area contributed by atoms with Crippen LogP contribution in [-0.4, -0.2) is 17.6 Å². The van der Waals surface area contributed by atoms with E-state index >= 15 is 0 Å². The van der Waals surface area contributed by atoms with Crippen LogP contribution in [0.2, 0.25) is 0 Å². The predicted octanol–water partition coefficient (Wildman–Crippen LogP) is 3.67. The molecular formula is C16H26N2. The number of aromatic nitrogens is 1. The Kier molecular flexibility index (Phi) is 4.76. The van der Waals surface area contributed by atoms with Crippen molar-refractivity contribution in [2.24, 2.45) is 0 Å². The minimum Gasteiger partial charge on any atom is -0.313 e. The highest BCUT2D eigenvalue weighted by molar-refractivity contribution is 5.23. The molecule has 0 unspecified atom stereocenters. The number of nitrogens with zero attached hydrogens (tertiary/aromatic N) is 1. The summed E-state index contributed by atoms with van der Waals surface area (Å²) in [5, 5.41) is 3.75. The molecule has 0 aliphatic heterocycles. The van der Waals surface area contributed by atoms with Crippen molar-refractivity contribution in [2.45, 2.75) is 63.8 Å². The van der Waals surface area contributed by atoms with E-state index in [9.17, 15) is 0 Å². The number of hydrogen-bond acceptors (Lipinski definition) is 2. The van der Waals surface area contributed by atoms with E-state index in [-0.39, 0.29) is 0 Å². The van der Waals surface area contributed by atoms with Crippen molar-refractivity contribution in [1.82, 2.24) is 10.3 Å². The van der Waals surface area contributed by atoms with Crippen molar-refractivity contribution in [2.75, 3.05) is 6.54 Å². The normalized spacial score (nSPS) is 15.9. The molecule has 0 bridgehead atoms. The van der Waals surface area contributed by atoms with E-state index in [1.54, 1.807) is 0 Å². The Hall–Kier alpha value is -0.890. The monoisotopic (exact) mass is 246 g/mol. The lowest BCUT2D eigenvalue weighted by atomic mass is 9.73. The average molecular weight is 246 g/mol. The van der Waals surface area contributed by atoms with Crippen LogP contribution in [0.15, 0.2) is 24.5 Å². The predicted molar refractivity (Wildman–Crippen MR) is 76.8 cm³/mol. The van der Waals surface area contributed by atoms with Gasteiger partial charge in [-0.3, -0.25) is 4.98 Å². The van der Waals surface area contributed by atoms with E-state index in [2.05, 4.69) is 36.3 Å². The molecule has 1 N–H and O–H groups in total. The van der Waals surface area contributed by atoms with Gasteiger partial charge in [-0.25, -0.2) is 0 Å². The third-order valence-corrected chi connectivity index (χ3v) is 4.06. The Morgan fingerprint density at radius 1 is 1.17 bits per heavy atom. The Balaban J connectivity index is 2.16. The van der Waals surface area contributed by atoms with Crippen LogP contribution in [0.5, 0.6) is 0 Å². The maximum absolute atomic E-state index is 4.17. The summed E-state index contributed by atoms with van der Waals surface area (Å²) in [6.07, 6.45) is 11.6. The molecule has 0 amide bonds. The molecule has 0 aromatic carbocycles. The summed E-state index contributed by atoms with van der Waals surface area (Å²) in [6, 6.07) is 5.21. The van der Waals surface area contributed by atoms with Gasteiger partial charge in [0, 0.05) is 30.4 Å². The van der Waals surface area contributed by atoms with Crippen LogP contribution < -0.4 is 5.32 Å². The molecule has 1 aromatic heterocycles. The Morgan fingerprint density at radius 3 is 2.28 bits per heavy atom. The molecule has 1 heterocycles. The molecule has 1 aliphatic rings. The van der Waals surface area contributed by atoms with Gasteiger partial charge in [-0.1, -0.05) is 26.7 Å². The highest BCUT2D eigenvalue weighted by Gasteiger charge is 2.32. The lowest BCUT2D eigenvalue weighted by molar-refractivity contribution is 0.333. The molecule has 2 nitrogen and oxygen atoms in total. The first-order valence-electron chi connectivity index (χ1n) is 7.44. The van der Waals surface area contributed by atoms with Gasteiger partial charge in [0.2, 0.25) is 0 Å². The highest BCUT2D eigenvalue weighted by atomic mass is 15.0. The van der Waals surface area contributed by atoms with Gasteiger partial charge in [0.1, 0.15) is 0 Å². The number of pyridine rings is 1. The van der Waals surface area contributed by atoms with Gasteiger partial charge in [0.15, 0.2) is 0 Å². The third kappa shape index (κ3) is 3.32. The van der Waals surface area contributed by atoms with E-state index in [1.807, 2.05) is 12.4 Å². The van der Waals surface area contributed by atoms with Crippen molar-refractivity contribution in [3.05, 3.63) is 30.1 Å². The molecule has 0 atom stereocenters. The summed E-state index contributed by atoms with van der Waals surface area (Å²) in [5.74, 6) is 0.